The average molecular weight is 342 g/mol. The summed E-state index contributed by atoms with van der Waals surface area (Å²) < 4.78 is 1.33. The molecule has 0 aliphatic rings. The van der Waals surface area contributed by atoms with Gasteiger partial charge in [0.25, 0.3) is 11.8 Å². The van der Waals surface area contributed by atoms with E-state index < -0.39 is 0 Å². The van der Waals surface area contributed by atoms with Gasteiger partial charge in [-0.3, -0.25) is 15.0 Å². The summed E-state index contributed by atoms with van der Waals surface area (Å²) in [6.07, 6.45) is 2.73. The standard InChI is InChI=1S/C16H12ClN5O2/c17-13-5-1-3-11(7-13)15(23)20-14-6-2-4-12(8-14)16(24)21-22-9-18-19-10-22/h1-10H,(H,20,23)(H,21,24). The highest BCUT2D eigenvalue weighted by atomic mass is 35.5. The Morgan fingerprint density at radius 2 is 1.58 bits per heavy atom. The Bertz CT molecular complexity index is 880. The van der Waals surface area contributed by atoms with Crippen LogP contribution in [0, 0.1) is 0 Å². The van der Waals surface area contributed by atoms with E-state index in [1.807, 2.05) is 0 Å². The van der Waals surface area contributed by atoms with Crippen molar-refractivity contribution in [3.05, 3.63) is 77.3 Å². The zero-order valence-electron chi connectivity index (χ0n) is 12.3. The molecule has 0 unspecified atom stereocenters. The molecule has 2 N–H and O–H groups in total. The van der Waals surface area contributed by atoms with Crippen molar-refractivity contribution in [1.82, 2.24) is 14.9 Å². The first-order valence-electron chi connectivity index (χ1n) is 6.95. The zero-order chi connectivity index (χ0) is 16.9. The third kappa shape index (κ3) is 3.76. The summed E-state index contributed by atoms with van der Waals surface area (Å²) in [5.74, 6) is -0.664. The second-order valence-corrected chi connectivity index (χ2v) is 5.29. The lowest BCUT2D eigenvalue weighted by atomic mass is 10.1. The van der Waals surface area contributed by atoms with Crippen LogP contribution in [0.3, 0.4) is 0 Å². The highest BCUT2D eigenvalue weighted by molar-refractivity contribution is 6.31. The third-order valence-electron chi connectivity index (χ3n) is 3.12. The van der Waals surface area contributed by atoms with E-state index in [0.717, 1.165) is 0 Å². The number of carbonyl (C=O) groups is 2. The number of carbonyl (C=O) groups excluding carboxylic acids is 2. The van der Waals surface area contributed by atoms with Gasteiger partial charge in [-0.1, -0.05) is 23.7 Å². The molecule has 0 bridgehead atoms. The number of nitrogens with zero attached hydrogens (tertiary/aromatic N) is 3. The molecule has 0 aliphatic carbocycles. The molecule has 8 heteroatoms. The summed E-state index contributed by atoms with van der Waals surface area (Å²) in [4.78, 5) is 24.4. The summed E-state index contributed by atoms with van der Waals surface area (Å²) in [7, 11) is 0. The molecule has 3 aromatic rings. The number of amides is 2. The summed E-state index contributed by atoms with van der Waals surface area (Å²) >= 11 is 5.88. The number of aromatic nitrogens is 3. The minimum Gasteiger partial charge on any atom is -0.322 e. The average Bonchev–Trinajstić information content (AvgIpc) is 3.08. The minimum absolute atomic E-state index is 0.311. The van der Waals surface area contributed by atoms with Crippen LogP contribution in [-0.4, -0.2) is 26.7 Å². The topological polar surface area (TPSA) is 88.9 Å². The number of hydrogen-bond donors (Lipinski definition) is 2. The van der Waals surface area contributed by atoms with E-state index >= 15 is 0 Å². The van der Waals surface area contributed by atoms with Gasteiger partial charge in [-0.15, -0.1) is 10.2 Å². The molecule has 0 fully saturated rings. The van der Waals surface area contributed by atoms with Crippen LogP contribution in [0.2, 0.25) is 5.02 Å². The first-order chi connectivity index (χ1) is 11.6. The molecule has 120 valence electrons. The van der Waals surface area contributed by atoms with Crippen molar-refractivity contribution in [2.45, 2.75) is 0 Å². The number of rotatable bonds is 4. The Hall–Kier alpha value is -3.19. The fourth-order valence-electron chi connectivity index (χ4n) is 2.01. The monoisotopic (exact) mass is 341 g/mol. The second kappa shape index (κ2) is 6.93. The van der Waals surface area contributed by atoms with Gasteiger partial charge in [-0.2, -0.15) is 0 Å². The van der Waals surface area contributed by atoms with E-state index in [2.05, 4.69) is 20.9 Å². The van der Waals surface area contributed by atoms with Crippen LogP contribution in [-0.2, 0) is 0 Å². The number of halogens is 1. The lowest BCUT2D eigenvalue weighted by Gasteiger charge is -2.08. The summed E-state index contributed by atoms with van der Waals surface area (Å²) in [6, 6.07) is 13.2. The van der Waals surface area contributed by atoms with E-state index in [1.165, 1.54) is 17.3 Å². The Labute approximate surface area is 142 Å². The van der Waals surface area contributed by atoms with Gasteiger partial charge in [0.05, 0.1) is 0 Å². The Morgan fingerprint density at radius 1 is 0.917 bits per heavy atom. The van der Waals surface area contributed by atoms with Crippen molar-refractivity contribution in [2.24, 2.45) is 0 Å². The molecule has 0 saturated carbocycles. The SMILES string of the molecule is O=C(Nc1cccc(C(=O)Nn2cnnc2)c1)c1cccc(Cl)c1. The van der Waals surface area contributed by atoms with Gasteiger partial charge in [-0.25, -0.2) is 4.68 Å². The molecular weight excluding hydrogens is 330 g/mol. The first-order valence-corrected chi connectivity index (χ1v) is 7.32. The summed E-state index contributed by atoms with van der Waals surface area (Å²) in [5, 5.41) is 10.4. The molecule has 1 heterocycles. The molecule has 3 rings (SSSR count). The minimum atomic E-state index is -0.353. The molecule has 0 atom stereocenters. The molecular formula is C16H12ClN5O2. The summed E-state index contributed by atoms with van der Waals surface area (Å²) in [6.45, 7) is 0. The molecule has 0 aliphatic heterocycles. The van der Waals surface area contributed by atoms with Crippen LogP contribution in [0.4, 0.5) is 5.69 Å². The maximum Gasteiger partial charge on any atom is 0.270 e. The largest absolute Gasteiger partial charge is 0.322 e. The lowest BCUT2D eigenvalue weighted by Crippen LogP contribution is -2.21. The quantitative estimate of drug-likeness (QED) is 0.763. The Kier molecular flexibility index (Phi) is 4.53. The summed E-state index contributed by atoms with van der Waals surface area (Å²) in [5.41, 5.74) is 3.89. The fourth-order valence-corrected chi connectivity index (χ4v) is 2.20. The van der Waals surface area contributed by atoms with Crippen LogP contribution < -0.4 is 10.7 Å². The van der Waals surface area contributed by atoms with E-state index in [1.54, 1.807) is 48.5 Å². The van der Waals surface area contributed by atoms with Crippen molar-refractivity contribution in [1.29, 1.82) is 0 Å². The van der Waals surface area contributed by atoms with E-state index in [-0.39, 0.29) is 11.8 Å². The van der Waals surface area contributed by atoms with E-state index in [0.29, 0.717) is 21.8 Å². The van der Waals surface area contributed by atoms with Crippen LogP contribution in [0.25, 0.3) is 0 Å². The van der Waals surface area contributed by atoms with E-state index in [4.69, 9.17) is 11.6 Å². The van der Waals surface area contributed by atoms with Crippen molar-refractivity contribution >= 4 is 29.1 Å². The fraction of sp³-hybridized carbons (Fsp3) is 0. The van der Waals surface area contributed by atoms with Crippen molar-refractivity contribution in [3.8, 4) is 0 Å². The Morgan fingerprint density at radius 3 is 2.29 bits per heavy atom. The van der Waals surface area contributed by atoms with Gasteiger partial charge >= 0.3 is 0 Å². The number of anilines is 1. The molecule has 2 amide bonds. The van der Waals surface area contributed by atoms with Crippen LogP contribution in [0.1, 0.15) is 20.7 Å². The molecule has 0 saturated heterocycles. The van der Waals surface area contributed by atoms with Crippen LogP contribution in [0.5, 0.6) is 0 Å². The van der Waals surface area contributed by atoms with Crippen LogP contribution in [0.15, 0.2) is 61.2 Å². The Balaban J connectivity index is 1.73. The van der Waals surface area contributed by atoms with Gasteiger partial charge < -0.3 is 5.32 Å². The maximum atomic E-state index is 12.2. The first kappa shape index (κ1) is 15.7. The smallest absolute Gasteiger partial charge is 0.270 e. The van der Waals surface area contributed by atoms with Gasteiger partial charge in [0, 0.05) is 21.8 Å². The molecule has 1 aromatic heterocycles. The third-order valence-corrected chi connectivity index (χ3v) is 3.35. The normalized spacial score (nSPS) is 10.2. The highest BCUT2D eigenvalue weighted by Gasteiger charge is 2.10. The highest BCUT2D eigenvalue weighted by Crippen LogP contribution is 2.15. The molecule has 0 spiro atoms. The van der Waals surface area contributed by atoms with Crippen LogP contribution >= 0.6 is 11.6 Å². The molecule has 7 nitrogen and oxygen atoms in total. The molecule has 2 aromatic carbocycles. The van der Waals surface area contributed by atoms with Crippen molar-refractivity contribution < 1.29 is 9.59 Å². The van der Waals surface area contributed by atoms with E-state index in [9.17, 15) is 9.59 Å². The molecule has 0 radical (unpaired) electrons. The molecule has 24 heavy (non-hydrogen) atoms. The van der Waals surface area contributed by atoms with Gasteiger partial charge in [-0.05, 0) is 36.4 Å². The van der Waals surface area contributed by atoms with Gasteiger partial charge in [0.1, 0.15) is 12.7 Å². The van der Waals surface area contributed by atoms with Crippen molar-refractivity contribution in [3.63, 3.8) is 0 Å². The predicted octanol–water partition coefficient (Wildman–Crippen LogP) is 2.57. The van der Waals surface area contributed by atoms with Gasteiger partial charge in [0.2, 0.25) is 0 Å². The number of benzene rings is 2. The lowest BCUT2D eigenvalue weighted by molar-refractivity contribution is 0.100. The maximum absolute atomic E-state index is 12.2. The second-order valence-electron chi connectivity index (χ2n) is 4.86. The zero-order valence-corrected chi connectivity index (χ0v) is 13.1. The predicted molar refractivity (Wildman–Crippen MR) is 89.6 cm³/mol. The number of hydrogen-bond acceptors (Lipinski definition) is 4. The van der Waals surface area contributed by atoms with Crippen molar-refractivity contribution in [2.75, 3.05) is 10.7 Å². The number of nitrogens with one attached hydrogen (secondary N) is 2. The van der Waals surface area contributed by atoms with Gasteiger partial charge in [0.15, 0.2) is 0 Å².